The van der Waals surface area contributed by atoms with Crippen molar-refractivity contribution in [2.45, 2.75) is 25.8 Å². The molecule has 1 aromatic heterocycles. The van der Waals surface area contributed by atoms with Crippen molar-refractivity contribution in [2.24, 2.45) is 5.41 Å². The number of hydrogen-bond donors (Lipinski definition) is 0. The number of nitrogens with zero attached hydrogens (tertiary/aromatic N) is 3. The fourth-order valence-electron chi connectivity index (χ4n) is 3.57. The van der Waals surface area contributed by atoms with E-state index in [1.807, 2.05) is 23.4 Å². The van der Waals surface area contributed by atoms with Crippen LogP contribution in [0, 0.1) is 5.41 Å². The van der Waals surface area contributed by atoms with Crippen molar-refractivity contribution >= 4 is 5.91 Å². The van der Waals surface area contributed by atoms with Gasteiger partial charge in [-0.2, -0.15) is 0 Å². The van der Waals surface area contributed by atoms with E-state index in [-0.39, 0.29) is 5.41 Å². The van der Waals surface area contributed by atoms with Gasteiger partial charge >= 0.3 is 0 Å². The number of hydrogen-bond acceptors (Lipinski definition) is 3. The Bertz CT molecular complexity index is 506. The second kappa shape index (κ2) is 5.98. The molecule has 2 aliphatic heterocycles. The first-order chi connectivity index (χ1) is 10.2. The van der Waals surface area contributed by atoms with Crippen LogP contribution in [0.5, 0.6) is 0 Å². The lowest BCUT2D eigenvalue weighted by molar-refractivity contribution is -0.138. The van der Waals surface area contributed by atoms with Crippen LogP contribution < -0.4 is 0 Å². The second-order valence-electron chi connectivity index (χ2n) is 6.20. The van der Waals surface area contributed by atoms with Crippen LogP contribution in [0.2, 0.25) is 0 Å². The lowest BCUT2D eigenvalue weighted by Crippen LogP contribution is -2.44. The molecule has 112 valence electrons. The summed E-state index contributed by atoms with van der Waals surface area (Å²) in [5, 5.41) is 0. The van der Waals surface area contributed by atoms with Crippen LogP contribution in [-0.2, 0) is 11.3 Å². The lowest BCUT2D eigenvalue weighted by Gasteiger charge is -2.38. The summed E-state index contributed by atoms with van der Waals surface area (Å²) in [4.78, 5) is 21.1. The number of aromatic nitrogens is 1. The lowest BCUT2D eigenvalue weighted by atomic mass is 9.77. The summed E-state index contributed by atoms with van der Waals surface area (Å²) < 4.78 is 0. The number of likely N-dealkylation sites (tertiary alicyclic amines) is 2. The first kappa shape index (κ1) is 14.3. The van der Waals surface area contributed by atoms with E-state index in [2.05, 4.69) is 28.6 Å². The standard InChI is InChI=1S/C17H23N3O/c1-2-10-20-13-7-17(16(20)21)5-11-19(12-6-17)14-15-3-8-18-9-4-15/h2-4,8-9H,1,5-7,10-14H2. The van der Waals surface area contributed by atoms with Crippen LogP contribution in [-0.4, -0.2) is 46.9 Å². The van der Waals surface area contributed by atoms with Crippen LogP contribution in [0.25, 0.3) is 0 Å². The quantitative estimate of drug-likeness (QED) is 0.795. The van der Waals surface area contributed by atoms with Crippen molar-refractivity contribution in [1.82, 2.24) is 14.8 Å². The second-order valence-corrected chi connectivity index (χ2v) is 6.20. The van der Waals surface area contributed by atoms with E-state index in [4.69, 9.17) is 0 Å². The highest BCUT2D eigenvalue weighted by molar-refractivity contribution is 5.85. The summed E-state index contributed by atoms with van der Waals surface area (Å²) in [6.45, 7) is 8.32. The third-order valence-electron chi connectivity index (χ3n) is 4.92. The Hall–Kier alpha value is -1.68. The van der Waals surface area contributed by atoms with Gasteiger partial charge < -0.3 is 4.90 Å². The van der Waals surface area contributed by atoms with Crippen molar-refractivity contribution < 1.29 is 4.79 Å². The van der Waals surface area contributed by atoms with Gasteiger partial charge in [0.1, 0.15) is 0 Å². The van der Waals surface area contributed by atoms with Gasteiger partial charge in [-0.1, -0.05) is 6.08 Å². The van der Waals surface area contributed by atoms with Gasteiger partial charge in [-0.05, 0) is 50.0 Å². The molecule has 3 heterocycles. The highest BCUT2D eigenvalue weighted by Crippen LogP contribution is 2.41. The molecule has 2 fully saturated rings. The molecule has 0 N–H and O–H groups in total. The first-order valence-corrected chi connectivity index (χ1v) is 7.75. The zero-order valence-electron chi connectivity index (χ0n) is 12.5. The fourth-order valence-corrected chi connectivity index (χ4v) is 3.57. The van der Waals surface area contributed by atoms with Crippen molar-refractivity contribution in [3.63, 3.8) is 0 Å². The number of carbonyl (C=O) groups excluding carboxylic acids is 1. The van der Waals surface area contributed by atoms with E-state index >= 15 is 0 Å². The van der Waals surface area contributed by atoms with Crippen molar-refractivity contribution in [3.8, 4) is 0 Å². The molecule has 0 bridgehead atoms. The van der Waals surface area contributed by atoms with Gasteiger partial charge in [0.05, 0.1) is 5.41 Å². The normalized spacial score (nSPS) is 21.9. The van der Waals surface area contributed by atoms with Gasteiger partial charge in [0.2, 0.25) is 5.91 Å². The number of pyridine rings is 1. The van der Waals surface area contributed by atoms with Gasteiger partial charge in [0.25, 0.3) is 0 Å². The molecule has 2 saturated heterocycles. The molecule has 1 spiro atoms. The molecule has 0 atom stereocenters. The average Bonchev–Trinajstić information content (AvgIpc) is 2.81. The highest BCUT2D eigenvalue weighted by atomic mass is 16.2. The van der Waals surface area contributed by atoms with E-state index < -0.39 is 0 Å². The fraction of sp³-hybridized carbons (Fsp3) is 0.529. The molecule has 1 amide bonds. The molecule has 0 saturated carbocycles. The Labute approximate surface area is 126 Å². The Kier molecular flexibility index (Phi) is 4.06. The average molecular weight is 285 g/mol. The molecule has 2 aliphatic rings. The molecule has 0 aromatic carbocycles. The third kappa shape index (κ3) is 2.86. The molecule has 4 nitrogen and oxygen atoms in total. The first-order valence-electron chi connectivity index (χ1n) is 7.75. The van der Waals surface area contributed by atoms with Gasteiger partial charge in [-0.3, -0.25) is 14.7 Å². The van der Waals surface area contributed by atoms with Crippen LogP contribution in [0.4, 0.5) is 0 Å². The molecule has 0 aliphatic carbocycles. The van der Waals surface area contributed by atoms with Crippen LogP contribution in [0.3, 0.4) is 0 Å². The van der Waals surface area contributed by atoms with E-state index in [9.17, 15) is 4.79 Å². The Balaban J connectivity index is 1.58. The van der Waals surface area contributed by atoms with Gasteiger partial charge in [-0.25, -0.2) is 0 Å². The predicted molar refractivity (Wildman–Crippen MR) is 82.6 cm³/mol. The number of carbonyl (C=O) groups is 1. The highest BCUT2D eigenvalue weighted by Gasteiger charge is 2.47. The van der Waals surface area contributed by atoms with Crippen molar-refractivity contribution in [1.29, 1.82) is 0 Å². The third-order valence-corrected chi connectivity index (χ3v) is 4.92. The largest absolute Gasteiger partial charge is 0.338 e. The minimum Gasteiger partial charge on any atom is -0.338 e. The topological polar surface area (TPSA) is 36.4 Å². The SMILES string of the molecule is C=CCN1CCC2(CCN(Cc3ccncc3)CC2)C1=O. The molecule has 0 unspecified atom stereocenters. The molecule has 21 heavy (non-hydrogen) atoms. The molecule has 4 heteroatoms. The number of amides is 1. The van der Waals surface area contributed by atoms with Gasteiger partial charge in [-0.15, -0.1) is 6.58 Å². The Morgan fingerprint density at radius 2 is 1.86 bits per heavy atom. The van der Waals surface area contributed by atoms with Crippen molar-refractivity contribution in [3.05, 3.63) is 42.7 Å². The summed E-state index contributed by atoms with van der Waals surface area (Å²) in [6.07, 6.45) is 8.51. The number of rotatable bonds is 4. The van der Waals surface area contributed by atoms with Crippen LogP contribution >= 0.6 is 0 Å². The molecule has 3 rings (SSSR count). The summed E-state index contributed by atoms with van der Waals surface area (Å²) >= 11 is 0. The Morgan fingerprint density at radius 3 is 2.52 bits per heavy atom. The zero-order valence-corrected chi connectivity index (χ0v) is 12.5. The predicted octanol–water partition coefficient (Wildman–Crippen LogP) is 2.08. The summed E-state index contributed by atoms with van der Waals surface area (Å²) in [6, 6.07) is 4.13. The Morgan fingerprint density at radius 1 is 1.19 bits per heavy atom. The number of piperidine rings is 1. The smallest absolute Gasteiger partial charge is 0.229 e. The molecular formula is C17H23N3O. The maximum Gasteiger partial charge on any atom is 0.229 e. The van der Waals surface area contributed by atoms with E-state index in [1.54, 1.807) is 0 Å². The maximum atomic E-state index is 12.6. The van der Waals surface area contributed by atoms with Crippen molar-refractivity contribution in [2.75, 3.05) is 26.2 Å². The molecule has 0 radical (unpaired) electrons. The maximum absolute atomic E-state index is 12.6. The van der Waals surface area contributed by atoms with E-state index in [0.29, 0.717) is 12.5 Å². The monoisotopic (exact) mass is 285 g/mol. The minimum atomic E-state index is -0.0856. The van der Waals surface area contributed by atoms with Gasteiger partial charge in [0.15, 0.2) is 0 Å². The van der Waals surface area contributed by atoms with Gasteiger partial charge in [0, 0.05) is 32.0 Å². The van der Waals surface area contributed by atoms with E-state index in [1.165, 1.54) is 5.56 Å². The van der Waals surface area contributed by atoms with Crippen LogP contribution in [0.1, 0.15) is 24.8 Å². The minimum absolute atomic E-state index is 0.0856. The molecular weight excluding hydrogens is 262 g/mol. The summed E-state index contributed by atoms with van der Waals surface area (Å²) in [5.41, 5.74) is 1.21. The van der Waals surface area contributed by atoms with E-state index in [0.717, 1.165) is 45.4 Å². The summed E-state index contributed by atoms with van der Waals surface area (Å²) in [5.74, 6) is 0.353. The van der Waals surface area contributed by atoms with Crippen LogP contribution in [0.15, 0.2) is 37.2 Å². The summed E-state index contributed by atoms with van der Waals surface area (Å²) in [7, 11) is 0. The zero-order chi connectivity index (χ0) is 14.7. The molecule has 1 aromatic rings.